The molecule has 14 nitrogen and oxygen atoms in total. The maximum Gasteiger partial charge on any atom is 0.534 e. The van der Waals surface area contributed by atoms with Crippen molar-refractivity contribution in [1.82, 2.24) is 15.2 Å². The first-order valence-electron chi connectivity index (χ1n) is 11.4. The number of benzene rings is 1. The van der Waals surface area contributed by atoms with E-state index in [-0.39, 0.29) is 17.2 Å². The smallest absolute Gasteiger partial charge is 0.497 e. The van der Waals surface area contributed by atoms with E-state index in [1.807, 2.05) is 0 Å². The number of rotatable bonds is 10. The zero-order valence-corrected chi connectivity index (χ0v) is 23.9. The minimum absolute atomic E-state index is 0.0550. The molecule has 0 spiro atoms. The van der Waals surface area contributed by atoms with E-state index in [4.69, 9.17) is 15.2 Å². The third-order valence-electron chi connectivity index (χ3n) is 5.54. The van der Waals surface area contributed by atoms with Gasteiger partial charge >= 0.3 is 21.6 Å². The number of anilines is 1. The summed E-state index contributed by atoms with van der Waals surface area (Å²) in [6, 6.07) is 6.18. The van der Waals surface area contributed by atoms with Crippen molar-refractivity contribution >= 4 is 61.8 Å². The van der Waals surface area contributed by atoms with Crippen LogP contribution in [0, 0.1) is 0 Å². The minimum atomic E-state index is -6.39. The quantitative estimate of drug-likeness (QED) is 0.0946. The maximum absolute atomic E-state index is 13.4. The monoisotopic (exact) mass is 651 g/mol. The van der Waals surface area contributed by atoms with Crippen LogP contribution in [0.4, 0.5) is 18.3 Å². The number of esters is 1. The molecule has 1 unspecified atom stereocenters. The number of thiazole rings is 1. The molecule has 1 saturated heterocycles. The second-order valence-electron chi connectivity index (χ2n) is 8.23. The number of methoxy groups -OCH3 is 1. The number of nitrogen functional groups attached to an aromatic ring is 1. The van der Waals surface area contributed by atoms with Crippen molar-refractivity contribution < 1.29 is 54.5 Å². The van der Waals surface area contributed by atoms with E-state index in [2.05, 4.69) is 24.5 Å². The molecule has 0 radical (unpaired) electrons. The van der Waals surface area contributed by atoms with Crippen molar-refractivity contribution in [2.24, 2.45) is 5.16 Å². The zero-order chi connectivity index (χ0) is 30.8. The summed E-state index contributed by atoms with van der Waals surface area (Å²) in [5, 5.41) is 4.60. The molecule has 2 atom stereocenters. The lowest BCUT2D eigenvalue weighted by atomic mass is 10.1. The summed E-state index contributed by atoms with van der Waals surface area (Å²) < 4.78 is 78.9. The summed E-state index contributed by atoms with van der Waals surface area (Å²) in [6.07, 6.45) is -0.187. The van der Waals surface area contributed by atoms with Crippen molar-refractivity contribution in [1.29, 1.82) is 0 Å². The fourth-order valence-electron chi connectivity index (χ4n) is 3.59. The van der Waals surface area contributed by atoms with Gasteiger partial charge in [-0.25, -0.2) is 9.78 Å². The van der Waals surface area contributed by atoms with Gasteiger partial charge in [0.1, 0.15) is 30.5 Å². The summed E-state index contributed by atoms with van der Waals surface area (Å²) in [7, 11) is -3.84. The van der Waals surface area contributed by atoms with E-state index in [0.29, 0.717) is 23.1 Å². The lowest BCUT2D eigenvalue weighted by Gasteiger charge is -2.46. The summed E-state index contributed by atoms with van der Waals surface area (Å²) in [5.74, 6) is -3.92. The van der Waals surface area contributed by atoms with Crippen molar-refractivity contribution in [2.75, 3.05) is 20.0 Å². The van der Waals surface area contributed by atoms with E-state index >= 15 is 0 Å². The second kappa shape index (κ2) is 12.1. The van der Waals surface area contributed by atoms with Gasteiger partial charge in [0.15, 0.2) is 22.3 Å². The summed E-state index contributed by atoms with van der Waals surface area (Å²) in [6.45, 7) is -0.418. The van der Waals surface area contributed by atoms with E-state index in [9.17, 15) is 36.0 Å². The first-order chi connectivity index (χ1) is 19.8. The number of aromatic nitrogens is 1. The van der Waals surface area contributed by atoms with Crippen molar-refractivity contribution in [3.63, 3.8) is 0 Å². The Morgan fingerprint density at radius 2 is 1.93 bits per heavy atom. The van der Waals surface area contributed by atoms with Crippen molar-refractivity contribution in [3.8, 4) is 5.75 Å². The Bertz CT molecular complexity index is 1560. The minimum Gasteiger partial charge on any atom is -0.497 e. The van der Waals surface area contributed by atoms with Crippen LogP contribution >= 0.6 is 23.1 Å². The van der Waals surface area contributed by atoms with Gasteiger partial charge in [-0.15, -0.1) is 23.1 Å². The molecule has 42 heavy (non-hydrogen) atoms. The number of hydrogen-bond acceptors (Lipinski definition) is 14. The number of carbonyl (C=O) groups excluding carboxylic acids is 3. The van der Waals surface area contributed by atoms with E-state index in [0.717, 1.165) is 23.3 Å². The molecular formula is C22H20F3N5O9S3. The van der Waals surface area contributed by atoms with Crippen LogP contribution in [-0.4, -0.2) is 72.3 Å². The SMILES string of the molecule is CON=C(C(=O)NC1S[C@H]2CC(=O)N2C(C(=O)OCc2ccc(OC)cc2)=C1OS(=O)(=O)C(F)(F)F)c1csc(N)n1. The predicted octanol–water partition coefficient (Wildman–Crippen LogP) is 1.65. The summed E-state index contributed by atoms with van der Waals surface area (Å²) in [4.78, 5) is 48.1. The van der Waals surface area contributed by atoms with E-state index < -0.39 is 67.9 Å². The number of nitrogens with two attached hydrogens (primary N) is 1. The largest absolute Gasteiger partial charge is 0.534 e. The topological polar surface area (TPSA) is 189 Å². The third-order valence-corrected chi connectivity index (χ3v) is 8.48. The van der Waals surface area contributed by atoms with Gasteiger partial charge < -0.3 is 29.5 Å². The zero-order valence-electron chi connectivity index (χ0n) is 21.4. The standard InChI is InChI=1S/C22H20F3N5O9S3/c1-36-11-5-3-10(4-6-11)8-38-20(33)16-17(39-42(34,35)22(23,24)25)19(41-14-7-13(31)30(14)16)28-18(32)15(29-37-2)12-9-40-21(26)27-12/h3-6,9,14,19H,7-8H2,1-2H3,(H2,26,27)(H,28,32)/t14-,19?/m0/s1. The Balaban J connectivity index is 1.73. The number of carbonyl (C=O) groups is 3. The molecule has 0 aliphatic carbocycles. The molecule has 3 N–H and O–H groups in total. The first kappa shape index (κ1) is 30.9. The molecule has 226 valence electrons. The average molecular weight is 652 g/mol. The fourth-order valence-corrected chi connectivity index (χ4v) is 6.06. The fraction of sp³-hybridized carbons (Fsp3) is 0.318. The van der Waals surface area contributed by atoms with Gasteiger partial charge in [-0.1, -0.05) is 17.3 Å². The number of β-lactam (4-membered cyclic amide) rings is 1. The van der Waals surface area contributed by atoms with Crippen molar-refractivity contribution in [2.45, 2.75) is 29.3 Å². The van der Waals surface area contributed by atoms with Crippen LogP contribution in [0.15, 0.2) is 46.3 Å². The Morgan fingerprint density at radius 3 is 2.48 bits per heavy atom. The lowest BCUT2D eigenvalue weighted by molar-refractivity contribution is -0.150. The van der Waals surface area contributed by atoms with Crippen LogP contribution in [0.1, 0.15) is 17.7 Å². The molecule has 3 heterocycles. The van der Waals surface area contributed by atoms with Crippen LogP contribution in [0.25, 0.3) is 0 Å². The van der Waals surface area contributed by atoms with Gasteiger partial charge in [0.2, 0.25) is 5.91 Å². The lowest BCUT2D eigenvalue weighted by Crippen LogP contribution is -2.58. The van der Waals surface area contributed by atoms with Crippen LogP contribution in [0.3, 0.4) is 0 Å². The normalized spacial score (nSPS) is 19.0. The van der Waals surface area contributed by atoms with E-state index in [1.54, 1.807) is 12.1 Å². The Labute approximate surface area is 243 Å². The molecule has 0 saturated carbocycles. The highest BCUT2D eigenvalue weighted by molar-refractivity contribution is 8.00. The summed E-state index contributed by atoms with van der Waals surface area (Å²) >= 11 is 1.59. The highest BCUT2D eigenvalue weighted by Gasteiger charge is 2.55. The van der Waals surface area contributed by atoms with Gasteiger partial charge in [-0.05, 0) is 17.7 Å². The first-order valence-corrected chi connectivity index (χ1v) is 14.6. The third kappa shape index (κ3) is 6.39. The predicted molar refractivity (Wildman–Crippen MR) is 141 cm³/mol. The molecule has 2 aliphatic heterocycles. The number of nitrogens with zero attached hydrogens (tertiary/aromatic N) is 3. The number of ether oxygens (including phenoxy) is 2. The molecule has 4 rings (SSSR count). The van der Waals surface area contributed by atoms with Crippen LogP contribution in [0.5, 0.6) is 5.75 Å². The molecule has 20 heteroatoms. The van der Waals surface area contributed by atoms with Gasteiger partial charge in [-0.2, -0.15) is 21.6 Å². The molecular weight excluding hydrogens is 631 g/mol. The molecule has 1 fully saturated rings. The number of oxime groups is 1. The second-order valence-corrected chi connectivity index (χ2v) is 11.9. The molecule has 1 aromatic carbocycles. The number of amides is 2. The Kier molecular flexibility index (Phi) is 8.87. The average Bonchev–Trinajstić information content (AvgIpc) is 3.36. The summed E-state index contributed by atoms with van der Waals surface area (Å²) in [5.41, 5.74) is -1.35. The van der Waals surface area contributed by atoms with Gasteiger partial charge in [0.25, 0.3) is 5.91 Å². The Morgan fingerprint density at radius 1 is 1.24 bits per heavy atom. The van der Waals surface area contributed by atoms with Gasteiger partial charge in [-0.3, -0.25) is 14.5 Å². The van der Waals surface area contributed by atoms with Crippen LogP contribution in [0.2, 0.25) is 0 Å². The molecule has 0 bridgehead atoms. The number of halogens is 3. The number of nitrogens with one attached hydrogen (secondary N) is 1. The maximum atomic E-state index is 13.4. The number of thioether (sulfide) groups is 1. The Hall–Kier alpha value is -4.04. The van der Waals surface area contributed by atoms with E-state index in [1.165, 1.54) is 24.6 Å². The number of hydrogen-bond donors (Lipinski definition) is 2. The van der Waals surface area contributed by atoms with Crippen molar-refractivity contribution in [3.05, 3.63) is 52.4 Å². The highest BCUT2D eigenvalue weighted by atomic mass is 32.2. The molecule has 1 aromatic heterocycles. The molecule has 2 aliphatic rings. The molecule has 2 aromatic rings. The van der Waals surface area contributed by atoms with Crippen LogP contribution < -0.4 is 15.8 Å². The highest BCUT2D eigenvalue weighted by Crippen LogP contribution is 2.45. The van der Waals surface area contributed by atoms with Gasteiger partial charge in [0.05, 0.1) is 18.9 Å². The van der Waals surface area contributed by atoms with Crippen LogP contribution in [-0.2, 0) is 44.9 Å². The number of fused-ring (bicyclic) bond motifs is 1. The number of alkyl halides is 3. The molecule has 2 amide bonds. The van der Waals surface area contributed by atoms with Gasteiger partial charge in [0, 0.05) is 5.38 Å².